The summed E-state index contributed by atoms with van der Waals surface area (Å²) in [5.41, 5.74) is 0. The molecule has 0 aromatic rings. The number of aliphatic hydroxyl groups is 5. The van der Waals surface area contributed by atoms with Crippen LogP contribution in [0.2, 0.25) is 0 Å². The zero-order chi connectivity index (χ0) is 58.9. The van der Waals surface area contributed by atoms with E-state index >= 15 is 0 Å². The Hall–Kier alpha value is -3.94. The van der Waals surface area contributed by atoms with Gasteiger partial charge in [0.05, 0.1) is 25.4 Å². The zero-order valence-electron chi connectivity index (χ0n) is 51.1. The molecule has 1 fully saturated rings. The summed E-state index contributed by atoms with van der Waals surface area (Å²) in [5.74, 6) is -1.24. The lowest BCUT2D eigenvalue weighted by Crippen LogP contribution is -2.61. The van der Waals surface area contributed by atoms with E-state index in [0.717, 1.165) is 135 Å². The molecule has 1 aliphatic heterocycles. The highest BCUT2D eigenvalue weighted by Gasteiger charge is 2.47. The van der Waals surface area contributed by atoms with E-state index in [-0.39, 0.29) is 19.4 Å². The van der Waals surface area contributed by atoms with Gasteiger partial charge < -0.3 is 45.1 Å². The molecule has 0 aromatic carbocycles. The van der Waals surface area contributed by atoms with Gasteiger partial charge in [-0.15, -0.1) is 0 Å². The maximum absolute atomic E-state index is 13.4. The number of amides is 1. The van der Waals surface area contributed by atoms with Crippen LogP contribution in [0.3, 0.4) is 0 Å². The average Bonchev–Trinajstić information content (AvgIpc) is 3.50. The fraction of sp³-hybridized carbons (Fsp3) is 0.686. The van der Waals surface area contributed by atoms with Gasteiger partial charge in [0.25, 0.3) is 0 Å². The molecule has 0 radical (unpaired) electrons. The average molecular weight is 1130 g/mol. The van der Waals surface area contributed by atoms with Gasteiger partial charge in [-0.3, -0.25) is 9.59 Å². The monoisotopic (exact) mass is 1130 g/mol. The van der Waals surface area contributed by atoms with E-state index in [4.69, 9.17) is 14.2 Å². The van der Waals surface area contributed by atoms with Crippen LogP contribution in [0.1, 0.15) is 245 Å². The van der Waals surface area contributed by atoms with Gasteiger partial charge in [-0.2, -0.15) is 0 Å². The molecule has 1 amide bonds. The molecule has 11 nitrogen and oxygen atoms in total. The van der Waals surface area contributed by atoms with Crippen molar-refractivity contribution in [2.75, 3.05) is 13.2 Å². The third kappa shape index (κ3) is 44.3. The van der Waals surface area contributed by atoms with E-state index in [1.165, 1.54) is 64.2 Å². The highest BCUT2D eigenvalue weighted by atomic mass is 16.7. The van der Waals surface area contributed by atoms with E-state index in [2.05, 4.69) is 135 Å². The SMILES string of the molecule is CC/C=C\C/C=C\C/C=C\C/C=C\C/C=C\CCCCCCCC(=O)OC1C(OCC(NC(=O)C(O)CCCCCC/C=C\C/C=C\C/C=C\C/C=C\CCCCC)C(O)/C=C/CCCCCCCCCCC)OC(CO)C(O)C1O. The van der Waals surface area contributed by atoms with Crippen molar-refractivity contribution in [2.45, 2.75) is 294 Å². The topological polar surface area (TPSA) is 175 Å². The predicted molar refractivity (Wildman–Crippen MR) is 338 cm³/mol. The molecule has 1 saturated heterocycles. The van der Waals surface area contributed by atoms with Crippen molar-refractivity contribution < 1.29 is 49.3 Å². The van der Waals surface area contributed by atoms with Crippen LogP contribution in [0.15, 0.2) is 122 Å². The molecule has 8 unspecified atom stereocenters. The highest BCUT2D eigenvalue weighted by molar-refractivity contribution is 5.80. The van der Waals surface area contributed by atoms with E-state index in [9.17, 15) is 35.1 Å². The molecule has 1 rings (SSSR count). The summed E-state index contributed by atoms with van der Waals surface area (Å²) in [4.78, 5) is 26.6. The summed E-state index contributed by atoms with van der Waals surface area (Å²) >= 11 is 0. The van der Waals surface area contributed by atoms with E-state index in [1.807, 2.05) is 6.08 Å². The molecule has 1 aliphatic rings. The van der Waals surface area contributed by atoms with Crippen LogP contribution in [0, 0.1) is 0 Å². The number of allylic oxidation sites excluding steroid dienone is 19. The molecule has 11 heteroatoms. The van der Waals surface area contributed by atoms with Crippen LogP contribution in [0.25, 0.3) is 0 Å². The number of rotatable bonds is 53. The summed E-state index contributed by atoms with van der Waals surface area (Å²) in [5, 5.41) is 57.0. The molecule has 0 aliphatic carbocycles. The Balaban J connectivity index is 2.68. The number of carbonyl (C=O) groups is 2. The molecule has 81 heavy (non-hydrogen) atoms. The first kappa shape index (κ1) is 75.1. The maximum Gasteiger partial charge on any atom is 0.306 e. The predicted octanol–water partition coefficient (Wildman–Crippen LogP) is 15.8. The number of hydrogen-bond donors (Lipinski definition) is 6. The molecule has 0 aromatic heterocycles. The van der Waals surface area contributed by atoms with E-state index < -0.39 is 67.4 Å². The number of aliphatic hydroxyl groups excluding tert-OH is 5. The van der Waals surface area contributed by atoms with Crippen LogP contribution in [-0.4, -0.2) is 99.6 Å². The van der Waals surface area contributed by atoms with Gasteiger partial charge in [0.15, 0.2) is 12.4 Å². The molecular weight excluding hydrogens is 1010 g/mol. The maximum atomic E-state index is 13.4. The minimum atomic E-state index is -1.63. The Bertz CT molecular complexity index is 1780. The van der Waals surface area contributed by atoms with Crippen molar-refractivity contribution >= 4 is 11.9 Å². The first-order valence-corrected chi connectivity index (χ1v) is 32.3. The Kier molecular flexibility index (Phi) is 52.4. The number of esters is 1. The van der Waals surface area contributed by atoms with Gasteiger partial charge >= 0.3 is 5.97 Å². The minimum absolute atomic E-state index is 0.0919. The summed E-state index contributed by atoms with van der Waals surface area (Å²) in [6.45, 7) is 5.61. The van der Waals surface area contributed by atoms with Crippen LogP contribution in [-0.2, 0) is 23.8 Å². The first-order chi connectivity index (χ1) is 39.7. The molecule has 8 atom stereocenters. The molecular formula is C70H117NO10. The van der Waals surface area contributed by atoms with Crippen molar-refractivity contribution in [3.8, 4) is 0 Å². The van der Waals surface area contributed by atoms with Crippen LogP contribution in [0.5, 0.6) is 0 Å². The van der Waals surface area contributed by atoms with Crippen LogP contribution >= 0.6 is 0 Å². The van der Waals surface area contributed by atoms with E-state index in [1.54, 1.807) is 6.08 Å². The van der Waals surface area contributed by atoms with Crippen molar-refractivity contribution in [1.29, 1.82) is 0 Å². The summed E-state index contributed by atoms with van der Waals surface area (Å²) in [7, 11) is 0. The second-order valence-electron chi connectivity index (χ2n) is 21.8. The number of ether oxygens (including phenoxy) is 3. The lowest BCUT2D eigenvalue weighted by atomic mass is 9.99. The number of unbranched alkanes of at least 4 members (excludes halogenated alkanes) is 21. The van der Waals surface area contributed by atoms with Gasteiger partial charge in [-0.1, -0.05) is 245 Å². The normalized spacial score (nSPS) is 19.5. The third-order valence-corrected chi connectivity index (χ3v) is 14.3. The second-order valence-corrected chi connectivity index (χ2v) is 21.8. The van der Waals surface area contributed by atoms with Gasteiger partial charge in [-0.25, -0.2) is 0 Å². The molecule has 0 bridgehead atoms. The van der Waals surface area contributed by atoms with Crippen LogP contribution in [0.4, 0.5) is 0 Å². The molecule has 0 saturated carbocycles. The first-order valence-electron chi connectivity index (χ1n) is 32.3. The van der Waals surface area contributed by atoms with Gasteiger partial charge in [0.1, 0.15) is 24.4 Å². The Labute approximate surface area is 493 Å². The Morgan fingerprint density at radius 3 is 1.36 bits per heavy atom. The fourth-order valence-corrected chi connectivity index (χ4v) is 9.25. The zero-order valence-corrected chi connectivity index (χ0v) is 51.1. The Morgan fingerprint density at radius 2 is 0.889 bits per heavy atom. The smallest absolute Gasteiger partial charge is 0.306 e. The van der Waals surface area contributed by atoms with Gasteiger partial charge in [0, 0.05) is 6.42 Å². The van der Waals surface area contributed by atoms with Gasteiger partial charge in [0.2, 0.25) is 5.91 Å². The molecule has 1 heterocycles. The summed E-state index contributed by atoms with van der Waals surface area (Å²) in [6, 6.07) is -1.05. The largest absolute Gasteiger partial charge is 0.454 e. The van der Waals surface area contributed by atoms with Crippen molar-refractivity contribution in [3.63, 3.8) is 0 Å². The summed E-state index contributed by atoms with van der Waals surface area (Å²) < 4.78 is 17.6. The number of hydrogen-bond acceptors (Lipinski definition) is 10. The quantitative estimate of drug-likeness (QED) is 0.0195. The van der Waals surface area contributed by atoms with Gasteiger partial charge in [-0.05, 0) is 116 Å². The number of carbonyl (C=O) groups excluding carboxylic acids is 2. The van der Waals surface area contributed by atoms with Crippen molar-refractivity contribution in [1.82, 2.24) is 5.32 Å². The second kappa shape index (κ2) is 56.5. The lowest BCUT2D eigenvalue weighted by Gasteiger charge is -2.41. The highest BCUT2D eigenvalue weighted by Crippen LogP contribution is 2.26. The third-order valence-electron chi connectivity index (χ3n) is 14.3. The molecule has 0 spiro atoms. The minimum Gasteiger partial charge on any atom is -0.454 e. The number of nitrogens with one attached hydrogen (secondary N) is 1. The summed E-state index contributed by atoms with van der Waals surface area (Å²) in [6.07, 6.45) is 68.0. The van der Waals surface area contributed by atoms with Crippen LogP contribution < -0.4 is 5.32 Å². The van der Waals surface area contributed by atoms with Crippen molar-refractivity contribution in [3.05, 3.63) is 122 Å². The molecule has 462 valence electrons. The lowest BCUT2D eigenvalue weighted by molar-refractivity contribution is -0.305. The van der Waals surface area contributed by atoms with Crippen molar-refractivity contribution in [2.24, 2.45) is 0 Å². The fourth-order valence-electron chi connectivity index (χ4n) is 9.25. The standard InChI is InChI=1S/C70H117NO10/c1-4-7-10-13-16-19-22-24-26-28-30-32-34-36-38-40-43-46-49-52-55-58-65(75)81-68-67(77)66(76)64(59-72)80-70(68)79-60-61(62(73)56-53-50-47-44-41-21-18-15-12-9-6-3)71-69(78)63(74)57-54-51-48-45-42-39-37-35-33-31-29-27-25-23-20-17-14-11-8-5-2/h7,10,16-17,19-20,24-27,30-33,36-39,53,56,61-64,66-68,70,72-74,76-77H,4-6,8-9,11-15,18,21-23,28-29,34-35,40-52,54-55,57-60H2,1-3H3,(H,71,78)/b10-7-,19-16-,20-17-,26-24-,27-25-,32-30-,33-31-,38-36-,39-37-,56-53+. The molecule has 6 N–H and O–H groups in total. The Morgan fingerprint density at radius 1 is 0.494 bits per heavy atom. The van der Waals surface area contributed by atoms with E-state index in [0.29, 0.717) is 12.8 Å².